The van der Waals surface area contributed by atoms with Crippen LogP contribution in [-0.2, 0) is 23.4 Å². The van der Waals surface area contributed by atoms with Crippen molar-refractivity contribution in [1.82, 2.24) is 14.9 Å². The second-order valence-electron chi connectivity index (χ2n) is 7.22. The first-order valence-electron chi connectivity index (χ1n) is 10.1. The lowest BCUT2D eigenvalue weighted by Gasteiger charge is -2.36. The van der Waals surface area contributed by atoms with Crippen molar-refractivity contribution in [3.8, 4) is 6.07 Å². The van der Waals surface area contributed by atoms with Crippen molar-refractivity contribution in [3.05, 3.63) is 11.8 Å². The molecule has 2 unspecified atom stereocenters. The molecule has 0 fully saturated rings. The van der Waals surface area contributed by atoms with Crippen LogP contribution in [0.4, 0.5) is 0 Å². The Hall–Kier alpha value is -1.56. The molecule has 0 radical (unpaired) electrons. The van der Waals surface area contributed by atoms with Crippen LogP contribution < -0.4 is 5.32 Å². The average molecular weight is 445 g/mol. The number of hydrogen-bond acceptors (Lipinski definition) is 7. The van der Waals surface area contributed by atoms with Gasteiger partial charge in [0.05, 0.1) is 31.8 Å². The van der Waals surface area contributed by atoms with Crippen molar-refractivity contribution in [2.75, 3.05) is 33.9 Å². The van der Waals surface area contributed by atoms with E-state index in [4.69, 9.17) is 19.0 Å². The number of carbonyl (C=O) groups excluding carboxylic acids is 2. The first-order chi connectivity index (χ1) is 14.2. The van der Waals surface area contributed by atoms with Gasteiger partial charge in [0, 0.05) is 44.6 Å². The molecule has 30 heavy (non-hydrogen) atoms. The summed E-state index contributed by atoms with van der Waals surface area (Å²) < 4.78 is 19.6. The lowest BCUT2D eigenvalue weighted by molar-refractivity contribution is -0.117. The Morgan fingerprint density at radius 3 is 2.33 bits per heavy atom. The molecule has 2 amide bonds. The SMILES string of the molecule is CNC(=O)/C(C)=C\N(C=O)CCC(COP(OCCC#N)N(C(C)C)C(C)C)OC. The van der Waals surface area contributed by atoms with Gasteiger partial charge in [-0.3, -0.25) is 9.59 Å². The molecule has 0 saturated carbocycles. The number of amides is 2. The monoisotopic (exact) mass is 444 g/mol. The largest absolute Gasteiger partial charge is 0.379 e. The summed E-state index contributed by atoms with van der Waals surface area (Å²) in [4.78, 5) is 24.4. The molecule has 0 aliphatic heterocycles. The molecule has 172 valence electrons. The van der Waals surface area contributed by atoms with Crippen LogP contribution in [0.1, 0.15) is 47.5 Å². The minimum atomic E-state index is -1.35. The normalized spacial score (nSPS) is 14.0. The molecule has 0 aromatic rings. The summed E-state index contributed by atoms with van der Waals surface area (Å²) in [6, 6.07) is 2.50. The number of nitrogens with zero attached hydrogens (tertiary/aromatic N) is 3. The van der Waals surface area contributed by atoms with E-state index in [1.165, 1.54) is 18.1 Å². The van der Waals surface area contributed by atoms with Gasteiger partial charge in [-0.15, -0.1) is 0 Å². The predicted molar refractivity (Wildman–Crippen MR) is 117 cm³/mol. The van der Waals surface area contributed by atoms with Gasteiger partial charge >= 0.3 is 0 Å². The third-order valence-electron chi connectivity index (χ3n) is 4.16. The number of methoxy groups -OCH3 is 1. The van der Waals surface area contributed by atoms with Crippen LogP contribution in [0.5, 0.6) is 0 Å². The van der Waals surface area contributed by atoms with E-state index in [2.05, 4.69) is 43.8 Å². The number of hydrogen-bond donors (Lipinski definition) is 1. The summed E-state index contributed by atoms with van der Waals surface area (Å²) in [7, 11) is 1.78. The maximum absolute atomic E-state index is 11.6. The van der Waals surface area contributed by atoms with E-state index in [0.29, 0.717) is 38.0 Å². The summed E-state index contributed by atoms with van der Waals surface area (Å²) >= 11 is 0. The van der Waals surface area contributed by atoms with Crippen LogP contribution in [-0.4, -0.2) is 74.0 Å². The van der Waals surface area contributed by atoms with E-state index in [9.17, 15) is 9.59 Å². The summed E-state index contributed by atoms with van der Waals surface area (Å²) in [5.74, 6) is -0.240. The molecule has 9 nitrogen and oxygen atoms in total. The van der Waals surface area contributed by atoms with E-state index in [0.717, 1.165) is 0 Å². The van der Waals surface area contributed by atoms with Gasteiger partial charge in [0.1, 0.15) is 0 Å². The van der Waals surface area contributed by atoms with E-state index >= 15 is 0 Å². The van der Waals surface area contributed by atoms with Gasteiger partial charge in [0.25, 0.3) is 8.53 Å². The summed E-state index contributed by atoms with van der Waals surface area (Å²) in [5.41, 5.74) is 0.439. The van der Waals surface area contributed by atoms with Crippen molar-refractivity contribution in [1.29, 1.82) is 5.26 Å². The van der Waals surface area contributed by atoms with E-state index in [1.807, 2.05) is 0 Å². The zero-order valence-electron chi connectivity index (χ0n) is 19.3. The zero-order chi connectivity index (χ0) is 23.1. The molecule has 0 aliphatic rings. The van der Waals surface area contributed by atoms with Gasteiger partial charge in [-0.1, -0.05) is 0 Å². The number of likely N-dealkylation sites (N-methyl/N-ethyl adjacent to an activating group) is 1. The van der Waals surface area contributed by atoms with Gasteiger partial charge < -0.3 is 24.0 Å². The smallest absolute Gasteiger partial charge is 0.259 e. The Kier molecular flexibility index (Phi) is 15.3. The highest BCUT2D eigenvalue weighted by atomic mass is 31.2. The molecular weight excluding hydrogens is 407 g/mol. The first kappa shape index (κ1) is 28.4. The second kappa shape index (κ2) is 16.2. The molecule has 0 rings (SSSR count). The number of ether oxygens (including phenoxy) is 1. The third kappa shape index (κ3) is 11.0. The number of nitrogens with one attached hydrogen (secondary N) is 1. The standard InChI is InChI=1S/C20H37N4O5P/c1-16(2)24(17(3)4)30(28-12-8-10-21)29-14-19(27-7)9-11-23(15-25)13-18(5)20(26)22-6/h13,15-17,19H,8-9,11-12,14H2,1-7H3,(H,22,26)/b18-13-. The highest BCUT2D eigenvalue weighted by molar-refractivity contribution is 7.44. The van der Waals surface area contributed by atoms with Gasteiger partial charge in [-0.2, -0.15) is 5.26 Å². The van der Waals surface area contributed by atoms with Crippen molar-refractivity contribution >= 4 is 20.8 Å². The van der Waals surface area contributed by atoms with Crippen LogP contribution in [0.15, 0.2) is 11.8 Å². The van der Waals surface area contributed by atoms with Crippen LogP contribution in [0.3, 0.4) is 0 Å². The zero-order valence-corrected chi connectivity index (χ0v) is 20.1. The van der Waals surface area contributed by atoms with Crippen LogP contribution >= 0.6 is 8.53 Å². The van der Waals surface area contributed by atoms with E-state index < -0.39 is 8.53 Å². The van der Waals surface area contributed by atoms with Crippen molar-refractivity contribution in [2.24, 2.45) is 0 Å². The lowest BCUT2D eigenvalue weighted by atomic mass is 10.2. The van der Waals surface area contributed by atoms with Crippen molar-refractivity contribution in [3.63, 3.8) is 0 Å². The Morgan fingerprint density at radius 1 is 1.23 bits per heavy atom. The molecule has 0 bridgehead atoms. The number of nitriles is 1. The van der Waals surface area contributed by atoms with Gasteiger partial charge in [0.2, 0.25) is 12.3 Å². The summed E-state index contributed by atoms with van der Waals surface area (Å²) in [6.45, 7) is 10.9. The van der Waals surface area contributed by atoms with Crippen molar-refractivity contribution < 1.29 is 23.4 Å². The fourth-order valence-electron chi connectivity index (χ4n) is 2.67. The molecule has 10 heteroatoms. The highest BCUT2D eigenvalue weighted by Gasteiger charge is 2.28. The number of rotatable bonds is 16. The average Bonchev–Trinajstić information content (AvgIpc) is 2.71. The molecule has 0 aromatic carbocycles. The maximum Gasteiger partial charge on any atom is 0.259 e. The molecule has 0 aliphatic carbocycles. The Bertz CT molecular complexity index is 572. The van der Waals surface area contributed by atoms with Crippen LogP contribution in [0.25, 0.3) is 0 Å². The Labute approximate surface area is 182 Å². The van der Waals surface area contributed by atoms with Gasteiger partial charge in [0.15, 0.2) is 0 Å². The topological polar surface area (TPSA) is 104 Å². The summed E-state index contributed by atoms with van der Waals surface area (Å²) in [5, 5.41) is 11.3. The van der Waals surface area contributed by atoms with Gasteiger partial charge in [-0.25, -0.2) is 4.67 Å². The number of carbonyl (C=O) groups is 2. The molecule has 0 spiro atoms. The Balaban J connectivity index is 4.97. The van der Waals surface area contributed by atoms with Crippen LogP contribution in [0.2, 0.25) is 0 Å². The van der Waals surface area contributed by atoms with Gasteiger partial charge in [-0.05, 0) is 41.0 Å². The minimum Gasteiger partial charge on any atom is -0.379 e. The maximum atomic E-state index is 11.6. The van der Waals surface area contributed by atoms with Crippen LogP contribution in [0, 0.1) is 11.3 Å². The quantitative estimate of drug-likeness (QED) is 0.169. The molecule has 0 saturated heterocycles. The highest BCUT2D eigenvalue weighted by Crippen LogP contribution is 2.46. The fourth-order valence-corrected chi connectivity index (χ4v) is 4.31. The molecule has 0 aromatic heterocycles. The molecule has 1 N–H and O–H groups in total. The van der Waals surface area contributed by atoms with Crippen molar-refractivity contribution in [2.45, 2.75) is 65.6 Å². The first-order valence-corrected chi connectivity index (χ1v) is 11.2. The molecule has 0 heterocycles. The van der Waals surface area contributed by atoms with E-state index in [1.54, 1.807) is 14.0 Å². The second-order valence-corrected chi connectivity index (χ2v) is 8.68. The minimum absolute atomic E-state index is 0.211. The predicted octanol–water partition coefficient (Wildman–Crippen LogP) is 2.79. The molecule has 2 atom stereocenters. The third-order valence-corrected chi connectivity index (χ3v) is 6.23. The molecular formula is C20H37N4O5P. The van der Waals surface area contributed by atoms with E-state index in [-0.39, 0.29) is 30.7 Å². The Morgan fingerprint density at radius 2 is 1.87 bits per heavy atom. The fraction of sp³-hybridized carbons (Fsp3) is 0.750. The summed E-state index contributed by atoms with van der Waals surface area (Å²) in [6.07, 6.45) is 2.75. The lowest BCUT2D eigenvalue weighted by Crippen LogP contribution is -2.34.